The number of piperazine rings is 1. The Bertz CT molecular complexity index is 476. The minimum atomic E-state index is -0.363. The van der Waals surface area contributed by atoms with Gasteiger partial charge in [0, 0.05) is 17.6 Å². The van der Waals surface area contributed by atoms with Crippen molar-refractivity contribution in [2.45, 2.75) is 19.4 Å². The molecule has 2 rings (SSSR count). The molecule has 1 atom stereocenters. The standard InChI is InChI=1S/C13H15BrN2O2/c1-2-11-12(17)15-7-8-16(11)13(18)9-5-3-4-6-10(9)14/h3-6,11H,2,7-8H2,1H3,(H,15,17). The fourth-order valence-corrected chi connectivity index (χ4v) is 2.61. The summed E-state index contributed by atoms with van der Waals surface area (Å²) in [6.45, 7) is 2.99. The van der Waals surface area contributed by atoms with Crippen molar-refractivity contribution in [3.05, 3.63) is 34.3 Å². The molecule has 1 unspecified atom stereocenters. The Morgan fingerprint density at radius 3 is 2.89 bits per heavy atom. The second-order valence-corrected chi connectivity index (χ2v) is 5.05. The minimum absolute atomic E-state index is 0.0656. The smallest absolute Gasteiger partial charge is 0.255 e. The lowest BCUT2D eigenvalue weighted by molar-refractivity contribution is -0.127. The van der Waals surface area contributed by atoms with Crippen LogP contribution in [0, 0.1) is 0 Å². The highest BCUT2D eigenvalue weighted by atomic mass is 79.9. The molecule has 0 saturated carbocycles. The molecule has 1 heterocycles. The molecular formula is C13H15BrN2O2. The van der Waals surface area contributed by atoms with Gasteiger partial charge in [-0.2, -0.15) is 0 Å². The van der Waals surface area contributed by atoms with Crippen LogP contribution in [-0.2, 0) is 4.79 Å². The Labute approximate surface area is 114 Å². The summed E-state index contributed by atoms with van der Waals surface area (Å²) in [7, 11) is 0. The van der Waals surface area contributed by atoms with Gasteiger partial charge in [-0.15, -0.1) is 0 Å². The maximum absolute atomic E-state index is 12.5. The summed E-state index contributed by atoms with van der Waals surface area (Å²) >= 11 is 3.37. The van der Waals surface area contributed by atoms with E-state index in [0.717, 1.165) is 4.47 Å². The zero-order valence-electron chi connectivity index (χ0n) is 10.1. The maximum Gasteiger partial charge on any atom is 0.255 e. The molecule has 4 nitrogen and oxygen atoms in total. The van der Waals surface area contributed by atoms with Crippen LogP contribution < -0.4 is 5.32 Å². The van der Waals surface area contributed by atoms with Gasteiger partial charge in [0.2, 0.25) is 5.91 Å². The van der Waals surface area contributed by atoms with Gasteiger partial charge in [0.15, 0.2) is 0 Å². The van der Waals surface area contributed by atoms with Crippen molar-refractivity contribution in [3.8, 4) is 0 Å². The van der Waals surface area contributed by atoms with E-state index in [1.165, 1.54) is 0 Å². The van der Waals surface area contributed by atoms with Crippen molar-refractivity contribution < 1.29 is 9.59 Å². The van der Waals surface area contributed by atoms with Crippen molar-refractivity contribution in [3.63, 3.8) is 0 Å². The van der Waals surface area contributed by atoms with Crippen molar-refractivity contribution in [1.29, 1.82) is 0 Å². The second-order valence-electron chi connectivity index (χ2n) is 4.19. The lowest BCUT2D eigenvalue weighted by atomic mass is 10.1. The van der Waals surface area contributed by atoms with E-state index in [1.807, 2.05) is 25.1 Å². The van der Waals surface area contributed by atoms with Gasteiger partial charge < -0.3 is 10.2 Å². The molecule has 0 bridgehead atoms. The van der Waals surface area contributed by atoms with E-state index in [1.54, 1.807) is 11.0 Å². The fourth-order valence-electron chi connectivity index (χ4n) is 2.15. The molecule has 1 aromatic carbocycles. The third-order valence-electron chi connectivity index (χ3n) is 3.08. The highest BCUT2D eigenvalue weighted by molar-refractivity contribution is 9.10. The number of nitrogens with one attached hydrogen (secondary N) is 1. The normalized spacial score (nSPS) is 19.6. The predicted molar refractivity (Wildman–Crippen MR) is 72.3 cm³/mol. The number of benzene rings is 1. The molecule has 1 aliphatic rings. The third-order valence-corrected chi connectivity index (χ3v) is 3.77. The molecule has 1 N–H and O–H groups in total. The molecule has 1 aliphatic heterocycles. The van der Waals surface area contributed by atoms with Crippen LogP contribution in [0.1, 0.15) is 23.7 Å². The highest BCUT2D eigenvalue weighted by Gasteiger charge is 2.32. The van der Waals surface area contributed by atoms with Crippen LogP contribution in [-0.4, -0.2) is 35.8 Å². The number of hydrogen-bond acceptors (Lipinski definition) is 2. The zero-order chi connectivity index (χ0) is 13.1. The van der Waals surface area contributed by atoms with Gasteiger partial charge in [-0.05, 0) is 34.5 Å². The average Bonchev–Trinajstić information content (AvgIpc) is 2.38. The SMILES string of the molecule is CCC1C(=O)NCCN1C(=O)c1ccccc1Br. The summed E-state index contributed by atoms with van der Waals surface area (Å²) in [5.74, 6) is -0.159. The largest absolute Gasteiger partial charge is 0.353 e. The van der Waals surface area contributed by atoms with Gasteiger partial charge in [0.25, 0.3) is 5.91 Å². The van der Waals surface area contributed by atoms with Gasteiger partial charge in [0.05, 0.1) is 5.56 Å². The first-order chi connectivity index (χ1) is 8.65. The topological polar surface area (TPSA) is 49.4 Å². The van der Waals surface area contributed by atoms with E-state index in [-0.39, 0.29) is 17.9 Å². The van der Waals surface area contributed by atoms with E-state index in [2.05, 4.69) is 21.2 Å². The summed E-state index contributed by atoms with van der Waals surface area (Å²) in [4.78, 5) is 25.8. The summed E-state index contributed by atoms with van der Waals surface area (Å²) in [6.07, 6.45) is 0.627. The van der Waals surface area contributed by atoms with Crippen molar-refractivity contribution in [2.75, 3.05) is 13.1 Å². The Morgan fingerprint density at radius 1 is 1.50 bits per heavy atom. The number of rotatable bonds is 2. The second kappa shape index (κ2) is 5.52. The minimum Gasteiger partial charge on any atom is -0.353 e. The van der Waals surface area contributed by atoms with Gasteiger partial charge >= 0.3 is 0 Å². The molecular weight excluding hydrogens is 296 g/mol. The Morgan fingerprint density at radius 2 is 2.22 bits per heavy atom. The van der Waals surface area contributed by atoms with Crippen LogP contribution in [0.2, 0.25) is 0 Å². The van der Waals surface area contributed by atoms with E-state index >= 15 is 0 Å². The first-order valence-corrected chi connectivity index (χ1v) is 6.77. The van der Waals surface area contributed by atoms with E-state index in [9.17, 15) is 9.59 Å². The monoisotopic (exact) mass is 310 g/mol. The lowest BCUT2D eigenvalue weighted by Gasteiger charge is -2.34. The van der Waals surface area contributed by atoms with Crippen molar-refractivity contribution >= 4 is 27.7 Å². The van der Waals surface area contributed by atoms with Gasteiger partial charge in [-0.25, -0.2) is 0 Å². The van der Waals surface area contributed by atoms with Crippen LogP contribution in [0.15, 0.2) is 28.7 Å². The molecule has 1 saturated heterocycles. The summed E-state index contributed by atoms with van der Waals surface area (Å²) in [5.41, 5.74) is 0.602. The van der Waals surface area contributed by atoms with Gasteiger partial charge in [0.1, 0.15) is 6.04 Å². The molecule has 18 heavy (non-hydrogen) atoms. The van der Waals surface area contributed by atoms with Crippen LogP contribution in [0.3, 0.4) is 0 Å². The first-order valence-electron chi connectivity index (χ1n) is 5.98. The zero-order valence-corrected chi connectivity index (χ0v) is 11.7. The van der Waals surface area contributed by atoms with Crippen molar-refractivity contribution in [2.24, 2.45) is 0 Å². The number of amides is 2. The molecule has 2 amide bonds. The average molecular weight is 311 g/mol. The molecule has 5 heteroatoms. The molecule has 1 fully saturated rings. The van der Waals surface area contributed by atoms with Crippen molar-refractivity contribution in [1.82, 2.24) is 10.2 Å². The van der Waals surface area contributed by atoms with Gasteiger partial charge in [-0.1, -0.05) is 19.1 Å². The summed E-state index contributed by atoms with van der Waals surface area (Å²) < 4.78 is 0.760. The first kappa shape index (κ1) is 13.1. The number of carbonyl (C=O) groups excluding carboxylic acids is 2. The quantitative estimate of drug-likeness (QED) is 0.905. The predicted octanol–water partition coefficient (Wildman–Crippen LogP) is 1.80. The van der Waals surface area contributed by atoms with Crippen LogP contribution in [0.5, 0.6) is 0 Å². The third kappa shape index (κ3) is 2.41. The van der Waals surface area contributed by atoms with E-state index < -0.39 is 0 Å². The Hall–Kier alpha value is -1.36. The highest BCUT2D eigenvalue weighted by Crippen LogP contribution is 2.20. The summed E-state index contributed by atoms with van der Waals surface area (Å²) in [6, 6.07) is 6.92. The maximum atomic E-state index is 12.5. The van der Waals surface area contributed by atoms with Crippen LogP contribution in [0.4, 0.5) is 0 Å². The lowest BCUT2D eigenvalue weighted by Crippen LogP contribution is -2.56. The molecule has 0 aliphatic carbocycles. The number of halogens is 1. The Kier molecular flexibility index (Phi) is 4.01. The molecule has 1 aromatic rings. The summed E-state index contributed by atoms with van der Waals surface area (Å²) in [5, 5.41) is 2.79. The van der Waals surface area contributed by atoms with Crippen LogP contribution >= 0.6 is 15.9 Å². The Balaban J connectivity index is 2.27. The van der Waals surface area contributed by atoms with E-state index in [0.29, 0.717) is 25.1 Å². The van der Waals surface area contributed by atoms with Gasteiger partial charge in [-0.3, -0.25) is 9.59 Å². The number of carbonyl (C=O) groups is 2. The molecule has 0 radical (unpaired) electrons. The van der Waals surface area contributed by atoms with Crippen LogP contribution in [0.25, 0.3) is 0 Å². The number of nitrogens with zero attached hydrogens (tertiary/aromatic N) is 1. The fraction of sp³-hybridized carbons (Fsp3) is 0.385. The molecule has 96 valence electrons. The molecule has 0 aromatic heterocycles. The number of hydrogen-bond donors (Lipinski definition) is 1. The van der Waals surface area contributed by atoms with E-state index in [4.69, 9.17) is 0 Å². The molecule has 0 spiro atoms.